The second-order valence-electron chi connectivity index (χ2n) is 4.25. The average molecular weight is 336 g/mol. The van der Waals surface area contributed by atoms with Crippen LogP contribution in [0.4, 0.5) is 0 Å². The van der Waals surface area contributed by atoms with Gasteiger partial charge in [-0.15, -0.1) is 0 Å². The summed E-state index contributed by atoms with van der Waals surface area (Å²) in [7, 11) is 1.70. The van der Waals surface area contributed by atoms with Gasteiger partial charge >= 0.3 is 0 Å². The summed E-state index contributed by atoms with van der Waals surface area (Å²) in [5.74, 6) is 0.687. The van der Waals surface area contributed by atoms with Crippen LogP contribution in [0.2, 0.25) is 5.15 Å². The van der Waals surface area contributed by atoms with E-state index in [1.807, 2.05) is 0 Å². The summed E-state index contributed by atoms with van der Waals surface area (Å²) in [5.41, 5.74) is 0.517. The van der Waals surface area contributed by atoms with Crippen molar-refractivity contribution in [1.82, 2.24) is 9.97 Å². The Hall–Kier alpha value is -0.190. The Morgan fingerprint density at radius 2 is 1.83 bits per heavy atom. The number of aryl methyl sites for hydroxylation is 1. The quantitative estimate of drug-likeness (QED) is 0.718. The lowest BCUT2D eigenvalue weighted by Crippen LogP contribution is -2.30. The van der Waals surface area contributed by atoms with Gasteiger partial charge in [-0.25, -0.2) is 9.97 Å². The monoisotopic (exact) mass is 334 g/mol. The van der Waals surface area contributed by atoms with E-state index in [9.17, 15) is 0 Å². The molecule has 0 spiro atoms. The standard InChI is InChI=1S/C13H20BrClN2O/c1-5-8-9-10(14)11(15)17-12(16-9)13(6-2,7-3)18-4/h5-8H2,1-4H3. The number of nitrogens with zero attached hydrogens (tertiary/aromatic N) is 2. The molecule has 0 N–H and O–H groups in total. The van der Waals surface area contributed by atoms with Crippen molar-refractivity contribution in [1.29, 1.82) is 0 Å². The Labute approximate surface area is 122 Å². The van der Waals surface area contributed by atoms with Gasteiger partial charge in [0.2, 0.25) is 0 Å². The molecule has 0 radical (unpaired) electrons. The van der Waals surface area contributed by atoms with E-state index >= 15 is 0 Å². The van der Waals surface area contributed by atoms with Gasteiger partial charge in [-0.05, 0) is 35.2 Å². The fourth-order valence-electron chi connectivity index (χ4n) is 2.02. The summed E-state index contributed by atoms with van der Waals surface area (Å²) >= 11 is 9.63. The smallest absolute Gasteiger partial charge is 0.162 e. The number of hydrogen-bond acceptors (Lipinski definition) is 3. The molecule has 0 atom stereocenters. The maximum Gasteiger partial charge on any atom is 0.162 e. The Morgan fingerprint density at radius 1 is 1.22 bits per heavy atom. The highest BCUT2D eigenvalue weighted by Crippen LogP contribution is 2.33. The van der Waals surface area contributed by atoms with Crippen LogP contribution in [0.5, 0.6) is 0 Å². The van der Waals surface area contributed by atoms with Crippen molar-refractivity contribution >= 4 is 27.5 Å². The third-order valence-electron chi connectivity index (χ3n) is 3.31. The van der Waals surface area contributed by atoms with Gasteiger partial charge in [-0.2, -0.15) is 0 Å². The zero-order valence-electron chi connectivity index (χ0n) is 11.4. The van der Waals surface area contributed by atoms with Crippen molar-refractivity contribution in [2.45, 2.75) is 52.1 Å². The number of ether oxygens (including phenoxy) is 1. The fraction of sp³-hybridized carbons (Fsp3) is 0.692. The van der Waals surface area contributed by atoms with Crippen LogP contribution < -0.4 is 0 Å². The number of rotatable bonds is 6. The molecule has 0 fully saturated rings. The van der Waals surface area contributed by atoms with Gasteiger partial charge in [0.1, 0.15) is 10.8 Å². The summed E-state index contributed by atoms with van der Waals surface area (Å²) in [4.78, 5) is 9.02. The zero-order valence-corrected chi connectivity index (χ0v) is 13.7. The minimum atomic E-state index is -0.438. The first-order chi connectivity index (χ1) is 8.54. The number of halogens is 2. The van der Waals surface area contributed by atoms with Gasteiger partial charge < -0.3 is 4.74 Å². The molecule has 1 aromatic rings. The lowest BCUT2D eigenvalue weighted by molar-refractivity contribution is -0.0293. The number of methoxy groups -OCH3 is 1. The average Bonchev–Trinajstić information content (AvgIpc) is 2.38. The fourth-order valence-corrected chi connectivity index (χ4v) is 2.58. The maximum atomic E-state index is 6.18. The molecule has 102 valence electrons. The molecule has 3 nitrogen and oxygen atoms in total. The molecule has 5 heteroatoms. The van der Waals surface area contributed by atoms with Crippen LogP contribution in [-0.2, 0) is 16.8 Å². The van der Waals surface area contributed by atoms with Crippen molar-refractivity contribution in [3.8, 4) is 0 Å². The summed E-state index contributed by atoms with van der Waals surface area (Å²) in [6.45, 7) is 6.27. The van der Waals surface area contributed by atoms with Crippen LogP contribution in [0.15, 0.2) is 4.47 Å². The molecule has 1 rings (SSSR count). The molecule has 18 heavy (non-hydrogen) atoms. The molecule has 0 aliphatic heterocycles. The molecule has 1 heterocycles. The molecular weight excluding hydrogens is 316 g/mol. The van der Waals surface area contributed by atoms with Gasteiger partial charge in [-0.1, -0.05) is 38.8 Å². The predicted octanol–water partition coefficient (Wildman–Crippen LogP) is 4.51. The van der Waals surface area contributed by atoms with Gasteiger partial charge in [-0.3, -0.25) is 0 Å². The van der Waals surface area contributed by atoms with E-state index in [4.69, 9.17) is 16.3 Å². The normalized spacial score (nSPS) is 11.9. The highest BCUT2D eigenvalue weighted by atomic mass is 79.9. The summed E-state index contributed by atoms with van der Waals surface area (Å²) in [5, 5.41) is 0.465. The first-order valence-corrected chi connectivity index (χ1v) is 7.49. The van der Waals surface area contributed by atoms with E-state index < -0.39 is 5.60 Å². The molecule has 0 bridgehead atoms. The minimum absolute atomic E-state index is 0.438. The lowest BCUT2D eigenvalue weighted by Gasteiger charge is -2.29. The van der Waals surface area contributed by atoms with Crippen LogP contribution >= 0.6 is 27.5 Å². The van der Waals surface area contributed by atoms with Crippen LogP contribution in [0.25, 0.3) is 0 Å². The molecule has 0 aliphatic carbocycles. The lowest BCUT2D eigenvalue weighted by atomic mass is 9.96. The number of hydrogen-bond donors (Lipinski definition) is 0. The number of aromatic nitrogens is 2. The van der Waals surface area contributed by atoms with Crippen molar-refractivity contribution in [3.05, 3.63) is 21.1 Å². The van der Waals surface area contributed by atoms with Crippen LogP contribution in [-0.4, -0.2) is 17.1 Å². The third-order valence-corrected chi connectivity index (χ3v) is 4.64. The molecule has 0 aromatic carbocycles. The van der Waals surface area contributed by atoms with Crippen molar-refractivity contribution < 1.29 is 4.74 Å². The predicted molar refractivity (Wildman–Crippen MR) is 78.0 cm³/mol. The van der Waals surface area contributed by atoms with Gasteiger partial charge in [0.05, 0.1) is 10.2 Å². The van der Waals surface area contributed by atoms with E-state index in [-0.39, 0.29) is 0 Å². The van der Waals surface area contributed by atoms with E-state index in [2.05, 4.69) is 46.7 Å². The second-order valence-corrected chi connectivity index (χ2v) is 5.41. The zero-order chi connectivity index (χ0) is 13.8. The van der Waals surface area contributed by atoms with E-state index in [1.165, 1.54) is 0 Å². The van der Waals surface area contributed by atoms with Gasteiger partial charge in [0, 0.05) is 7.11 Å². The van der Waals surface area contributed by atoms with E-state index in [0.29, 0.717) is 11.0 Å². The Bertz CT molecular complexity index is 400. The summed E-state index contributed by atoms with van der Waals surface area (Å²) in [6, 6.07) is 0. The Kier molecular flexibility index (Phi) is 6.02. The molecule has 0 saturated carbocycles. The van der Waals surface area contributed by atoms with Crippen LogP contribution in [0.1, 0.15) is 51.6 Å². The topological polar surface area (TPSA) is 35.0 Å². The van der Waals surface area contributed by atoms with E-state index in [1.54, 1.807) is 7.11 Å². The Balaban J connectivity index is 3.32. The highest BCUT2D eigenvalue weighted by Gasteiger charge is 2.32. The molecule has 0 unspecified atom stereocenters. The van der Waals surface area contributed by atoms with Crippen molar-refractivity contribution in [2.75, 3.05) is 7.11 Å². The molecule has 0 aliphatic rings. The van der Waals surface area contributed by atoms with Crippen LogP contribution in [0, 0.1) is 0 Å². The maximum absolute atomic E-state index is 6.18. The molecule has 1 aromatic heterocycles. The van der Waals surface area contributed by atoms with Gasteiger partial charge in [0.25, 0.3) is 0 Å². The van der Waals surface area contributed by atoms with E-state index in [0.717, 1.165) is 35.8 Å². The summed E-state index contributed by atoms with van der Waals surface area (Å²) in [6.07, 6.45) is 3.54. The minimum Gasteiger partial charge on any atom is -0.370 e. The first-order valence-electron chi connectivity index (χ1n) is 6.32. The largest absolute Gasteiger partial charge is 0.370 e. The molecule has 0 saturated heterocycles. The third kappa shape index (κ3) is 3.03. The highest BCUT2D eigenvalue weighted by molar-refractivity contribution is 9.10. The molecular formula is C13H20BrClN2O. The van der Waals surface area contributed by atoms with Gasteiger partial charge in [0.15, 0.2) is 5.82 Å². The summed E-state index contributed by atoms with van der Waals surface area (Å²) < 4.78 is 6.45. The van der Waals surface area contributed by atoms with Crippen molar-refractivity contribution in [2.24, 2.45) is 0 Å². The second kappa shape index (κ2) is 6.83. The SMILES string of the molecule is CCCc1nc(C(CC)(CC)OC)nc(Cl)c1Br. The molecule has 0 amide bonds. The Morgan fingerprint density at radius 3 is 2.28 bits per heavy atom. The first kappa shape index (κ1) is 15.9. The van der Waals surface area contributed by atoms with Crippen molar-refractivity contribution in [3.63, 3.8) is 0 Å². The van der Waals surface area contributed by atoms with Crippen LogP contribution in [0.3, 0.4) is 0 Å².